The van der Waals surface area contributed by atoms with Gasteiger partial charge in [0.2, 0.25) is 0 Å². The summed E-state index contributed by atoms with van der Waals surface area (Å²) in [5.74, 6) is -1.20. The highest BCUT2D eigenvalue weighted by Crippen LogP contribution is 2.39. The molecule has 0 amide bonds. The molecular formula is C21H6Cl4F6N2O. The molecule has 2 aromatic carbocycles. The van der Waals surface area contributed by atoms with Crippen LogP contribution in [0.25, 0.3) is 21.8 Å². The molecular weight excluding hydrogens is 552 g/mol. The number of carbonyl (C=O) groups excluding carboxylic acids is 1. The van der Waals surface area contributed by atoms with Crippen LogP contribution < -0.4 is 0 Å². The van der Waals surface area contributed by atoms with E-state index in [9.17, 15) is 31.1 Å². The van der Waals surface area contributed by atoms with Crippen LogP contribution >= 0.6 is 46.4 Å². The van der Waals surface area contributed by atoms with E-state index in [2.05, 4.69) is 9.97 Å². The van der Waals surface area contributed by atoms with E-state index in [0.717, 1.165) is 24.3 Å². The maximum atomic E-state index is 13.5. The van der Waals surface area contributed by atoms with Gasteiger partial charge in [0, 0.05) is 31.9 Å². The number of hydrogen-bond donors (Lipinski definition) is 0. The van der Waals surface area contributed by atoms with Crippen LogP contribution in [0.15, 0.2) is 36.4 Å². The number of nitrogens with zero attached hydrogens (tertiary/aromatic N) is 2. The van der Waals surface area contributed by atoms with E-state index in [0.29, 0.717) is 12.1 Å². The predicted molar refractivity (Wildman–Crippen MR) is 117 cm³/mol. The topological polar surface area (TPSA) is 42.9 Å². The predicted octanol–water partition coefficient (Wildman–Crippen LogP) is 8.67. The molecule has 13 heteroatoms. The van der Waals surface area contributed by atoms with Crippen LogP contribution in [-0.4, -0.2) is 15.8 Å². The molecule has 2 aromatic heterocycles. The smallest absolute Gasteiger partial charge is 0.289 e. The monoisotopic (exact) mass is 556 g/mol. The van der Waals surface area contributed by atoms with Gasteiger partial charge in [0.05, 0.1) is 21.1 Å². The Morgan fingerprint density at radius 3 is 1.29 bits per heavy atom. The van der Waals surface area contributed by atoms with Crippen LogP contribution in [0.4, 0.5) is 26.3 Å². The third kappa shape index (κ3) is 4.49. The molecule has 0 saturated carbocycles. The lowest BCUT2D eigenvalue weighted by atomic mass is 9.95. The summed E-state index contributed by atoms with van der Waals surface area (Å²) in [7, 11) is 0. The van der Waals surface area contributed by atoms with Gasteiger partial charge in [-0.3, -0.25) is 4.79 Å². The van der Waals surface area contributed by atoms with Crippen molar-refractivity contribution in [3.63, 3.8) is 0 Å². The summed E-state index contributed by atoms with van der Waals surface area (Å²) in [5, 5.41) is -1.03. The SMILES string of the molecule is O=C(c1cc(C(F)(F)F)nc2c(Cl)cc(Cl)cc12)c1cc(C(F)(F)F)nc2c(Cl)cc(Cl)cc12. The molecule has 0 fully saturated rings. The van der Waals surface area contributed by atoms with E-state index < -0.39 is 51.7 Å². The van der Waals surface area contributed by atoms with Gasteiger partial charge >= 0.3 is 12.4 Å². The quantitative estimate of drug-likeness (QED) is 0.183. The van der Waals surface area contributed by atoms with Gasteiger partial charge in [-0.25, -0.2) is 9.97 Å². The molecule has 0 aliphatic rings. The first-order valence-corrected chi connectivity index (χ1v) is 10.5. The fourth-order valence-corrected chi connectivity index (χ4v) is 4.39. The molecule has 0 saturated heterocycles. The first-order valence-electron chi connectivity index (χ1n) is 8.95. The number of carbonyl (C=O) groups is 1. The van der Waals surface area contributed by atoms with Gasteiger partial charge in [-0.05, 0) is 36.4 Å². The van der Waals surface area contributed by atoms with Crippen molar-refractivity contribution in [3.05, 3.63) is 79.0 Å². The Hall–Kier alpha value is -2.33. The summed E-state index contributed by atoms with van der Waals surface area (Å²) in [4.78, 5) is 20.5. The minimum absolute atomic E-state index is 0.0326. The fraction of sp³-hybridized carbons (Fsp3) is 0.0952. The van der Waals surface area contributed by atoms with Crippen LogP contribution in [0.5, 0.6) is 0 Å². The number of fused-ring (bicyclic) bond motifs is 2. The Kier molecular flexibility index (Phi) is 6.13. The van der Waals surface area contributed by atoms with Gasteiger partial charge in [0.25, 0.3) is 0 Å². The van der Waals surface area contributed by atoms with E-state index in [1.54, 1.807) is 0 Å². The lowest BCUT2D eigenvalue weighted by molar-refractivity contribution is -0.141. The zero-order valence-corrected chi connectivity index (χ0v) is 19.1. The Balaban J connectivity index is 2.12. The van der Waals surface area contributed by atoms with Crippen molar-refractivity contribution in [2.24, 2.45) is 0 Å². The van der Waals surface area contributed by atoms with Crippen molar-refractivity contribution in [1.82, 2.24) is 9.97 Å². The molecule has 0 aliphatic heterocycles. The van der Waals surface area contributed by atoms with E-state index in [4.69, 9.17) is 46.4 Å². The number of ketones is 1. The maximum absolute atomic E-state index is 13.5. The molecule has 0 atom stereocenters. The van der Waals surface area contributed by atoms with Crippen molar-refractivity contribution in [2.45, 2.75) is 12.4 Å². The third-order valence-corrected chi connectivity index (χ3v) is 5.75. The second-order valence-electron chi connectivity index (χ2n) is 7.00. The third-order valence-electron chi connectivity index (χ3n) is 4.73. The number of benzene rings is 2. The molecule has 0 unspecified atom stereocenters. The second-order valence-corrected chi connectivity index (χ2v) is 8.69. The summed E-state index contributed by atoms with van der Waals surface area (Å²) in [5.41, 5.74) is -5.02. The van der Waals surface area contributed by atoms with Crippen molar-refractivity contribution in [1.29, 1.82) is 0 Å². The molecule has 0 N–H and O–H groups in total. The number of pyridine rings is 2. The molecule has 4 rings (SSSR count). The molecule has 0 bridgehead atoms. The normalized spacial score (nSPS) is 12.5. The molecule has 3 nitrogen and oxygen atoms in total. The van der Waals surface area contributed by atoms with E-state index >= 15 is 0 Å². The number of halogens is 10. The molecule has 0 radical (unpaired) electrons. The van der Waals surface area contributed by atoms with Gasteiger partial charge in [-0.2, -0.15) is 26.3 Å². The zero-order valence-electron chi connectivity index (χ0n) is 16.0. The van der Waals surface area contributed by atoms with Crippen LogP contribution in [0, 0.1) is 0 Å². The summed E-state index contributed by atoms with van der Waals surface area (Å²) < 4.78 is 81.1. The molecule has 2 heterocycles. The minimum atomic E-state index is -4.99. The Morgan fingerprint density at radius 2 is 0.971 bits per heavy atom. The van der Waals surface area contributed by atoms with Crippen molar-refractivity contribution >= 4 is 74.0 Å². The van der Waals surface area contributed by atoms with Crippen molar-refractivity contribution < 1.29 is 31.1 Å². The largest absolute Gasteiger partial charge is 0.433 e. The van der Waals surface area contributed by atoms with E-state index in [-0.39, 0.29) is 30.9 Å². The lowest BCUT2D eigenvalue weighted by Crippen LogP contribution is -2.14. The van der Waals surface area contributed by atoms with Crippen LogP contribution in [0.2, 0.25) is 20.1 Å². The highest BCUT2D eigenvalue weighted by molar-refractivity contribution is 6.40. The van der Waals surface area contributed by atoms with Gasteiger partial charge in [-0.1, -0.05) is 46.4 Å². The zero-order chi connectivity index (χ0) is 25.2. The Morgan fingerprint density at radius 1 is 0.618 bits per heavy atom. The standard InChI is InChI=1S/C21H6Cl4F6N2O/c22-7-1-9-11(5-15(20(26,27)28)32-17(9)13(24)3-7)19(34)12-6-16(21(29,30)31)33-18-10(12)2-8(23)4-14(18)25/h1-6H. The van der Waals surface area contributed by atoms with E-state index in [1.807, 2.05) is 0 Å². The number of aromatic nitrogens is 2. The summed E-state index contributed by atoms with van der Waals surface area (Å²) in [6.45, 7) is 0. The molecule has 0 spiro atoms. The highest BCUT2D eigenvalue weighted by Gasteiger charge is 2.37. The Bertz CT molecular complexity index is 1390. The minimum Gasteiger partial charge on any atom is -0.289 e. The number of hydrogen-bond acceptors (Lipinski definition) is 3. The first kappa shape index (κ1) is 24.8. The van der Waals surface area contributed by atoms with E-state index in [1.165, 1.54) is 0 Å². The molecule has 176 valence electrons. The van der Waals surface area contributed by atoms with Gasteiger partial charge in [0.15, 0.2) is 5.78 Å². The van der Waals surface area contributed by atoms with Crippen LogP contribution in [0.1, 0.15) is 27.3 Å². The summed E-state index contributed by atoms with van der Waals surface area (Å²) in [6, 6.07) is 5.35. The maximum Gasteiger partial charge on any atom is 0.433 e. The average Bonchev–Trinajstić information content (AvgIpc) is 2.70. The lowest BCUT2D eigenvalue weighted by Gasteiger charge is -2.15. The number of rotatable bonds is 2. The summed E-state index contributed by atoms with van der Waals surface area (Å²) >= 11 is 23.9. The van der Waals surface area contributed by atoms with Gasteiger partial charge in [0.1, 0.15) is 11.4 Å². The van der Waals surface area contributed by atoms with Crippen LogP contribution in [-0.2, 0) is 12.4 Å². The highest BCUT2D eigenvalue weighted by atomic mass is 35.5. The average molecular weight is 558 g/mol. The Labute approximate surface area is 206 Å². The molecule has 4 aromatic rings. The van der Waals surface area contributed by atoms with Gasteiger partial charge in [-0.15, -0.1) is 0 Å². The van der Waals surface area contributed by atoms with Crippen molar-refractivity contribution in [2.75, 3.05) is 0 Å². The first-order chi connectivity index (χ1) is 15.7. The molecule has 34 heavy (non-hydrogen) atoms. The second kappa shape index (κ2) is 8.41. The summed E-state index contributed by atoms with van der Waals surface area (Å²) in [6.07, 6.45) is -9.98. The van der Waals surface area contributed by atoms with Crippen molar-refractivity contribution in [3.8, 4) is 0 Å². The van der Waals surface area contributed by atoms with Gasteiger partial charge < -0.3 is 0 Å². The van der Waals surface area contributed by atoms with Crippen LogP contribution in [0.3, 0.4) is 0 Å². The molecule has 0 aliphatic carbocycles. The number of alkyl halides is 6. The fourth-order valence-electron chi connectivity index (χ4n) is 3.32.